The molecule has 0 aromatic heterocycles. The molecule has 2 fully saturated rings. The molecular weight excluding hydrogens is 295 g/mol. The molecule has 1 heterocycles. The van der Waals surface area contributed by atoms with Gasteiger partial charge in [0.15, 0.2) is 0 Å². The van der Waals surface area contributed by atoms with Crippen molar-refractivity contribution in [3.63, 3.8) is 0 Å². The van der Waals surface area contributed by atoms with Gasteiger partial charge in [0.05, 0.1) is 5.02 Å². The van der Waals surface area contributed by atoms with Crippen LogP contribution in [0.1, 0.15) is 25.3 Å². The summed E-state index contributed by atoms with van der Waals surface area (Å²) in [5.74, 6) is -0.461. The van der Waals surface area contributed by atoms with Gasteiger partial charge in [0.1, 0.15) is 17.9 Å². The summed E-state index contributed by atoms with van der Waals surface area (Å²) in [7, 11) is 0. The zero-order valence-electron chi connectivity index (χ0n) is 11.6. The number of carbonyl (C=O) groups excluding carboxylic acids is 2. The van der Waals surface area contributed by atoms with Crippen molar-refractivity contribution in [1.82, 2.24) is 10.2 Å². The zero-order valence-corrected chi connectivity index (χ0v) is 12.4. The van der Waals surface area contributed by atoms with E-state index in [0.717, 1.165) is 18.4 Å². The van der Waals surface area contributed by atoms with E-state index in [4.69, 9.17) is 11.6 Å². The second-order valence-corrected chi connectivity index (χ2v) is 6.13. The minimum atomic E-state index is -0.525. The van der Waals surface area contributed by atoms with E-state index in [1.807, 2.05) is 0 Å². The summed E-state index contributed by atoms with van der Waals surface area (Å²) in [6.07, 6.45) is 1.92. The lowest BCUT2D eigenvalue weighted by Gasteiger charge is -2.38. The van der Waals surface area contributed by atoms with Crippen molar-refractivity contribution in [1.29, 1.82) is 0 Å². The molecule has 2 atom stereocenters. The summed E-state index contributed by atoms with van der Waals surface area (Å²) in [6.45, 7) is 1.95. The summed E-state index contributed by atoms with van der Waals surface area (Å²) >= 11 is 5.78. The van der Waals surface area contributed by atoms with Crippen molar-refractivity contribution in [2.24, 2.45) is 5.92 Å². The molecule has 0 spiro atoms. The molecule has 1 aliphatic carbocycles. The van der Waals surface area contributed by atoms with E-state index in [2.05, 4.69) is 5.32 Å². The molecule has 1 aromatic rings. The van der Waals surface area contributed by atoms with Gasteiger partial charge in [-0.1, -0.05) is 17.7 Å². The molecule has 0 bridgehead atoms. The fourth-order valence-corrected chi connectivity index (χ4v) is 2.98. The largest absolute Gasteiger partial charge is 0.343 e. The molecule has 1 saturated carbocycles. The molecule has 112 valence electrons. The van der Waals surface area contributed by atoms with Crippen molar-refractivity contribution in [3.8, 4) is 0 Å². The molecule has 2 aliphatic rings. The molecule has 1 aromatic carbocycles. The third-order valence-corrected chi connectivity index (χ3v) is 4.31. The summed E-state index contributed by atoms with van der Waals surface area (Å²) in [6, 6.07) is 3.43. The Morgan fingerprint density at radius 2 is 2.10 bits per heavy atom. The summed E-state index contributed by atoms with van der Waals surface area (Å²) in [4.78, 5) is 26.1. The number of piperazine rings is 1. The van der Waals surface area contributed by atoms with Crippen molar-refractivity contribution in [3.05, 3.63) is 34.6 Å². The van der Waals surface area contributed by atoms with E-state index in [-0.39, 0.29) is 29.3 Å². The van der Waals surface area contributed by atoms with E-state index < -0.39 is 17.9 Å². The molecule has 1 saturated heterocycles. The molecule has 1 N–H and O–H groups in total. The minimum absolute atomic E-state index is 0.0254. The van der Waals surface area contributed by atoms with E-state index in [0.29, 0.717) is 0 Å². The lowest BCUT2D eigenvalue weighted by molar-refractivity contribution is -0.150. The van der Waals surface area contributed by atoms with Gasteiger partial charge in [0.2, 0.25) is 11.8 Å². The number of amides is 2. The van der Waals surface area contributed by atoms with Crippen molar-refractivity contribution >= 4 is 23.4 Å². The third-order valence-electron chi connectivity index (χ3n) is 4.02. The van der Waals surface area contributed by atoms with Crippen LogP contribution in [0.2, 0.25) is 5.02 Å². The Balaban J connectivity index is 1.86. The van der Waals surface area contributed by atoms with Gasteiger partial charge in [-0.25, -0.2) is 4.39 Å². The Hall–Kier alpha value is -1.62. The number of carbonyl (C=O) groups is 2. The molecular formula is C15H16ClFN2O2. The predicted molar refractivity (Wildman–Crippen MR) is 76.1 cm³/mol. The summed E-state index contributed by atoms with van der Waals surface area (Å²) in [5, 5.41) is 2.75. The molecule has 3 rings (SSSR count). The van der Waals surface area contributed by atoms with Crippen molar-refractivity contribution in [2.45, 2.75) is 38.4 Å². The number of benzene rings is 1. The Kier molecular flexibility index (Phi) is 3.61. The van der Waals surface area contributed by atoms with Crippen LogP contribution in [-0.2, 0) is 16.1 Å². The molecule has 1 aliphatic heterocycles. The highest BCUT2D eigenvalue weighted by Gasteiger charge is 2.46. The van der Waals surface area contributed by atoms with Gasteiger partial charge in [-0.05, 0) is 43.4 Å². The number of hydrogen-bond acceptors (Lipinski definition) is 2. The fourth-order valence-electron chi connectivity index (χ4n) is 2.78. The van der Waals surface area contributed by atoms with Crippen LogP contribution in [0.4, 0.5) is 4.39 Å². The predicted octanol–water partition coefficient (Wildman–Crippen LogP) is 2.10. The first kappa shape index (κ1) is 14.3. The maximum atomic E-state index is 13.2. The Morgan fingerprint density at radius 3 is 2.71 bits per heavy atom. The van der Waals surface area contributed by atoms with E-state index >= 15 is 0 Å². The maximum absolute atomic E-state index is 13.2. The number of halogens is 2. The van der Waals surface area contributed by atoms with E-state index in [1.54, 1.807) is 17.9 Å². The van der Waals surface area contributed by atoms with Gasteiger partial charge in [-0.3, -0.25) is 9.59 Å². The first-order valence-electron chi connectivity index (χ1n) is 7.02. The molecule has 6 heteroatoms. The molecule has 21 heavy (non-hydrogen) atoms. The second-order valence-electron chi connectivity index (χ2n) is 5.73. The average Bonchev–Trinajstić information content (AvgIpc) is 3.24. The van der Waals surface area contributed by atoms with Crippen LogP contribution in [0.25, 0.3) is 0 Å². The van der Waals surface area contributed by atoms with Crippen LogP contribution in [0, 0.1) is 11.7 Å². The van der Waals surface area contributed by atoms with Crippen LogP contribution in [0.3, 0.4) is 0 Å². The topological polar surface area (TPSA) is 49.4 Å². The number of rotatable bonds is 3. The van der Waals surface area contributed by atoms with Crippen LogP contribution in [-0.4, -0.2) is 28.8 Å². The summed E-state index contributed by atoms with van der Waals surface area (Å²) < 4.78 is 13.2. The monoisotopic (exact) mass is 310 g/mol. The highest BCUT2D eigenvalue weighted by Crippen LogP contribution is 2.37. The average molecular weight is 311 g/mol. The first-order valence-corrected chi connectivity index (χ1v) is 7.40. The standard InChI is InChI=1S/C15H16ClFN2O2/c1-8-15(21)19(13(10-3-4-10)14(20)18-8)7-9-2-5-12(17)11(16)6-9/h2,5-6,8,10,13H,3-4,7H2,1H3,(H,18,20). The third kappa shape index (κ3) is 2.75. The Labute approximate surface area is 127 Å². The second kappa shape index (κ2) is 5.30. The normalized spacial score (nSPS) is 26.0. The van der Waals surface area contributed by atoms with Gasteiger partial charge in [-0.15, -0.1) is 0 Å². The number of hydrogen-bond donors (Lipinski definition) is 1. The van der Waals surface area contributed by atoms with Gasteiger partial charge < -0.3 is 10.2 Å². The quantitative estimate of drug-likeness (QED) is 0.929. The van der Waals surface area contributed by atoms with E-state index in [1.165, 1.54) is 12.1 Å². The molecule has 2 unspecified atom stereocenters. The Bertz CT molecular complexity index is 603. The van der Waals surface area contributed by atoms with Crippen LogP contribution >= 0.6 is 11.6 Å². The molecule has 4 nitrogen and oxygen atoms in total. The Morgan fingerprint density at radius 1 is 1.38 bits per heavy atom. The van der Waals surface area contributed by atoms with Crippen molar-refractivity contribution < 1.29 is 14.0 Å². The minimum Gasteiger partial charge on any atom is -0.343 e. The highest BCUT2D eigenvalue weighted by molar-refractivity contribution is 6.30. The van der Waals surface area contributed by atoms with Crippen LogP contribution < -0.4 is 5.32 Å². The SMILES string of the molecule is CC1NC(=O)C(C2CC2)N(Cc2ccc(F)c(Cl)c2)C1=O. The van der Waals surface area contributed by atoms with Crippen LogP contribution in [0.5, 0.6) is 0 Å². The number of nitrogens with one attached hydrogen (secondary N) is 1. The van der Waals surface area contributed by atoms with E-state index in [9.17, 15) is 14.0 Å². The van der Waals surface area contributed by atoms with Gasteiger partial charge in [-0.2, -0.15) is 0 Å². The molecule has 2 amide bonds. The molecule has 0 radical (unpaired) electrons. The summed E-state index contributed by atoms with van der Waals surface area (Å²) in [5.41, 5.74) is 0.724. The zero-order chi connectivity index (χ0) is 15.1. The van der Waals surface area contributed by atoms with Gasteiger partial charge >= 0.3 is 0 Å². The van der Waals surface area contributed by atoms with Crippen LogP contribution in [0.15, 0.2) is 18.2 Å². The maximum Gasteiger partial charge on any atom is 0.245 e. The number of nitrogens with zero attached hydrogens (tertiary/aromatic N) is 1. The smallest absolute Gasteiger partial charge is 0.245 e. The first-order chi connectivity index (χ1) is 9.97. The van der Waals surface area contributed by atoms with Gasteiger partial charge in [0, 0.05) is 6.54 Å². The highest BCUT2D eigenvalue weighted by atomic mass is 35.5. The van der Waals surface area contributed by atoms with Crippen molar-refractivity contribution in [2.75, 3.05) is 0 Å². The lowest BCUT2D eigenvalue weighted by atomic mass is 10.0. The lowest BCUT2D eigenvalue weighted by Crippen LogP contribution is -2.62. The fraction of sp³-hybridized carbons (Fsp3) is 0.467. The van der Waals surface area contributed by atoms with Gasteiger partial charge in [0.25, 0.3) is 0 Å².